The average molecular weight is 298 g/mol. The molecule has 0 saturated carbocycles. The Labute approximate surface area is 113 Å². The SMILES string of the molecule is COCCOC(=O)COc1nc(F)c(Cl)cc1Cl. The molecule has 1 aromatic heterocycles. The second kappa shape index (κ2) is 7.35. The summed E-state index contributed by atoms with van der Waals surface area (Å²) in [6.07, 6.45) is 0. The zero-order valence-corrected chi connectivity index (χ0v) is 10.9. The summed E-state index contributed by atoms with van der Waals surface area (Å²) in [5.41, 5.74) is 0. The lowest BCUT2D eigenvalue weighted by atomic mass is 10.5. The van der Waals surface area contributed by atoms with Gasteiger partial charge in [0, 0.05) is 7.11 Å². The van der Waals surface area contributed by atoms with Crippen LogP contribution >= 0.6 is 23.2 Å². The fraction of sp³-hybridized carbons (Fsp3) is 0.400. The van der Waals surface area contributed by atoms with Gasteiger partial charge in [-0.3, -0.25) is 0 Å². The second-order valence-electron chi connectivity index (χ2n) is 3.05. The molecule has 0 unspecified atom stereocenters. The van der Waals surface area contributed by atoms with Crippen LogP contribution in [0.15, 0.2) is 6.07 Å². The highest BCUT2D eigenvalue weighted by Crippen LogP contribution is 2.26. The van der Waals surface area contributed by atoms with Crippen LogP contribution in [0.4, 0.5) is 4.39 Å². The van der Waals surface area contributed by atoms with Crippen LogP contribution in [-0.4, -0.2) is 37.9 Å². The van der Waals surface area contributed by atoms with Gasteiger partial charge in [-0.2, -0.15) is 9.37 Å². The number of hydrogen-bond acceptors (Lipinski definition) is 5. The topological polar surface area (TPSA) is 57.7 Å². The van der Waals surface area contributed by atoms with Gasteiger partial charge in [0.25, 0.3) is 0 Å². The monoisotopic (exact) mass is 297 g/mol. The summed E-state index contributed by atoms with van der Waals surface area (Å²) in [5, 5.41) is -0.221. The van der Waals surface area contributed by atoms with Crippen molar-refractivity contribution in [1.82, 2.24) is 4.98 Å². The van der Waals surface area contributed by atoms with Crippen LogP contribution < -0.4 is 4.74 Å². The van der Waals surface area contributed by atoms with Gasteiger partial charge < -0.3 is 14.2 Å². The molecule has 0 N–H and O–H groups in total. The summed E-state index contributed by atoms with van der Waals surface area (Å²) in [6, 6.07) is 1.14. The van der Waals surface area contributed by atoms with Crippen molar-refractivity contribution in [2.75, 3.05) is 26.9 Å². The van der Waals surface area contributed by atoms with Gasteiger partial charge in [-0.25, -0.2) is 4.79 Å². The summed E-state index contributed by atoms with van der Waals surface area (Å²) in [7, 11) is 1.48. The number of aromatic nitrogens is 1. The average Bonchev–Trinajstić information content (AvgIpc) is 2.32. The summed E-state index contributed by atoms with van der Waals surface area (Å²) >= 11 is 11.2. The van der Waals surface area contributed by atoms with Crippen LogP contribution in [0.1, 0.15) is 0 Å². The van der Waals surface area contributed by atoms with Gasteiger partial charge in [-0.1, -0.05) is 23.2 Å². The Morgan fingerprint density at radius 1 is 1.39 bits per heavy atom. The van der Waals surface area contributed by atoms with Crippen molar-refractivity contribution in [2.24, 2.45) is 0 Å². The number of carbonyl (C=O) groups excluding carboxylic acids is 1. The van der Waals surface area contributed by atoms with Gasteiger partial charge in [0.15, 0.2) is 6.61 Å². The lowest BCUT2D eigenvalue weighted by Crippen LogP contribution is -2.17. The van der Waals surface area contributed by atoms with E-state index in [1.807, 2.05) is 0 Å². The van der Waals surface area contributed by atoms with E-state index in [2.05, 4.69) is 9.72 Å². The van der Waals surface area contributed by atoms with Gasteiger partial charge >= 0.3 is 5.97 Å². The van der Waals surface area contributed by atoms with E-state index in [0.717, 1.165) is 6.07 Å². The highest BCUT2D eigenvalue weighted by Gasteiger charge is 2.12. The number of hydrogen-bond donors (Lipinski definition) is 0. The summed E-state index contributed by atoms with van der Waals surface area (Å²) in [5.74, 6) is -1.79. The van der Waals surface area contributed by atoms with E-state index in [4.69, 9.17) is 32.7 Å². The standard InChI is InChI=1S/C10H10Cl2FNO4/c1-16-2-3-17-8(15)5-18-10-7(12)4-6(11)9(13)14-10/h4H,2-3,5H2,1H3. The minimum atomic E-state index is -0.927. The molecule has 0 aromatic carbocycles. The van der Waals surface area contributed by atoms with E-state index in [1.54, 1.807) is 0 Å². The molecule has 0 atom stereocenters. The van der Waals surface area contributed by atoms with Crippen molar-refractivity contribution in [2.45, 2.75) is 0 Å². The van der Waals surface area contributed by atoms with Crippen LogP contribution in [-0.2, 0) is 14.3 Å². The molecule has 0 spiro atoms. The van der Waals surface area contributed by atoms with Gasteiger partial charge in [-0.15, -0.1) is 0 Å². The predicted molar refractivity (Wildman–Crippen MR) is 62.5 cm³/mol. The van der Waals surface area contributed by atoms with Crippen molar-refractivity contribution in [3.05, 3.63) is 22.1 Å². The second-order valence-corrected chi connectivity index (χ2v) is 3.86. The van der Waals surface area contributed by atoms with Crippen LogP contribution in [0, 0.1) is 5.95 Å². The number of rotatable bonds is 6. The van der Waals surface area contributed by atoms with Crippen molar-refractivity contribution >= 4 is 29.2 Å². The Bertz CT molecular complexity index is 431. The fourth-order valence-electron chi connectivity index (χ4n) is 0.938. The van der Waals surface area contributed by atoms with Crippen molar-refractivity contribution in [3.63, 3.8) is 0 Å². The van der Waals surface area contributed by atoms with Crippen LogP contribution in [0.3, 0.4) is 0 Å². The first-order valence-corrected chi connectivity index (χ1v) is 5.59. The molecule has 100 valence electrons. The lowest BCUT2D eigenvalue weighted by Gasteiger charge is -2.07. The molecule has 18 heavy (non-hydrogen) atoms. The molecule has 0 aliphatic heterocycles. The Hall–Kier alpha value is -1.11. The fourth-order valence-corrected chi connectivity index (χ4v) is 1.35. The van der Waals surface area contributed by atoms with E-state index in [-0.39, 0.29) is 29.1 Å². The molecular weight excluding hydrogens is 288 g/mol. The van der Waals surface area contributed by atoms with E-state index in [0.29, 0.717) is 0 Å². The predicted octanol–water partition coefficient (Wildman–Crippen LogP) is 2.10. The van der Waals surface area contributed by atoms with Crippen molar-refractivity contribution in [1.29, 1.82) is 0 Å². The third kappa shape index (κ3) is 4.64. The number of esters is 1. The van der Waals surface area contributed by atoms with Gasteiger partial charge in [0.2, 0.25) is 11.8 Å². The number of halogens is 3. The van der Waals surface area contributed by atoms with E-state index >= 15 is 0 Å². The number of pyridine rings is 1. The smallest absolute Gasteiger partial charge is 0.344 e. The van der Waals surface area contributed by atoms with E-state index < -0.39 is 18.5 Å². The minimum Gasteiger partial charge on any atom is -0.465 e. The highest BCUT2D eigenvalue weighted by molar-refractivity contribution is 6.35. The number of ether oxygens (including phenoxy) is 3. The van der Waals surface area contributed by atoms with Crippen LogP contribution in [0.2, 0.25) is 10.0 Å². The van der Waals surface area contributed by atoms with Gasteiger partial charge in [0.05, 0.1) is 11.6 Å². The molecule has 0 fully saturated rings. The first-order valence-electron chi connectivity index (χ1n) is 4.83. The molecule has 0 bridgehead atoms. The lowest BCUT2D eigenvalue weighted by molar-refractivity contribution is -0.147. The maximum absolute atomic E-state index is 13.0. The highest BCUT2D eigenvalue weighted by atomic mass is 35.5. The van der Waals surface area contributed by atoms with Crippen LogP contribution in [0.25, 0.3) is 0 Å². The largest absolute Gasteiger partial charge is 0.465 e. The molecule has 8 heteroatoms. The van der Waals surface area contributed by atoms with E-state index in [1.165, 1.54) is 7.11 Å². The molecule has 5 nitrogen and oxygen atoms in total. The third-order valence-electron chi connectivity index (χ3n) is 1.73. The molecule has 0 aliphatic rings. The zero-order valence-electron chi connectivity index (χ0n) is 9.41. The molecule has 0 amide bonds. The Kier molecular flexibility index (Phi) is 6.11. The van der Waals surface area contributed by atoms with Crippen molar-refractivity contribution < 1.29 is 23.4 Å². The maximum atomic E-state index is 13.0. The molecule has 0 saturated heterocycles. The first-order chi connectivity index (χ1) is 8.54. The molecule has 1 aromatic rings. The zero-order chi connectivity index (χ0) is 13.5. The summed E-state index contributed by atoms with van der Waals surface area (Å²) in [6.45, 7) is -0.0489. The number of nitrogens with zero attached hydrogens (tertiary/aromatic N) is 1. The quantitative estimate of drug-likeness (QED) is 0.457. The van der Waals surface area contributed by atoms with Crippen LogP contribution in [0.5, 0.6) is 5.88 Å². The molecule has 1 rings (SSSR count). The summed E-state index contributed by atoms with van der Waals surface area (Å²) < 4.78 is 27.3. The number of carbonyl (C=O) groups is 1. The van der Waals surface area contributed by atoms with E-state index in [9.17, 15) is 9.18 Å². The number of methoxy groups -OCH3 is 1. The third-order valence-corrected chi connectivity index (χ3v) is 2.27. The van der Waals surface area contributed by atoms with Crippen molar-refractivity contribution in [3.8, 4) is 5.88 Å². The molecule has 0 radical (unpaired) electrons. The molecule has 1 heterocycles. The molecular formula is C10H10Cl2FNO4. The first kappa shape index (κ1) is 14.9. The summed E-state index contributed by atoms with van der Waals surface area (Å²) in [4.78, 5) is 14.5. The molecule has 0 aliphatic carbocycles. The van der Waals surface area contributed by atoms with Gasteiger partial charge in [-0.05, 0) is 6.07 Å². The van der Waals surface area contributed by atoms with Gasteiger partial charge in [0.1, 0.15) is 11.6 Å². The Morgan fingerprint density at radius 3 is 2.78 bits per heavy atom. The Balaban J connectivity index is 2.48. The Morgan fingerprint density at radius 2 is 2.11 bits per heavy atom. The normalized spacial score (nSPS) is 10.2. The minimum absolute atomic E-state index is 0.00564. The maximum Gasteiger partial charge on any atom is 0.344 e.